The lowest BCUT2D eigenvalue weighted by atomic mass is 10.2. The van der Waals surface area contributed by atoms with Crippen LogP contribution in [0.4, 0.5) is 0 Å². The van der Waals surface area contributed by atoms with Gasteiger partial charge < -0.3 is 10.1 Å². The molecule has 1 aromatic carbocycles. The van der Waals surface area contributed by atoms with Gasteiger partial charge >= 0.3 is 0 Å². The highest BCUT2D eigenvalue weighted by atomic mass is 32.1. The van der Waals surface area contributed by atoms with Crippen molar-refractivity contribution in [1.29, 1.82) is 0 Å². The Morgan fingerprint density at radius 1 is 1.32 bits per heavy atom. The smallest absolute Gasteiger partial charge is 0.123 e. The summed E-state index contributed by atoms with van der Waals surface area (Å²) >= 11 is 1.73. The first-order chi connectivity index (χ1) is 9.33. The van der Waals surface area contributed by atoms with Crippen molar-refractivity contribution in [3.8, 4) is 16.3 Å². The summed E-state index contributed by atoms with van der Waals surface area (Å²) in [6.45, 7) is 6.80. The van der Waals surface area contributed by atoms with Crippen molar-refractivity contribution in [3.05, 3.63) is 35.3 Å². The number of ether oxygens (including phenoxy) is 1. The van der Waals surface area contributed by atoms with E-state index in [1.54, 1.807) is 11.3 Å². The van der Waals surface area contributed by atoms with E-state index < -0.39 is 0 Å². The number of hydrogen-bond acceptors (Lipinski definition) is 4. The summed E-state index contributed by atoms with van der Waals surface area (Å²) in [7, 11) is 0. The van der Waals surface area contributed by atoms with Gasteiger partial charge in [0.05, 0.1) is 6.61 Å². The highest BCUT2D eigenvalue weighted by Gasteiger charge is 2.05. The maximum absolute atomic E-state index is 5.52. The molecule has 1 N–H and O–H groups in total. The molecule has 0 bridgehead atoms. The summed E-state index contributed by atoms with van der Waals surface area (Å²) in [5.41, 5.74) is 1.12. The molecular formula is C15H20N2OS. The minimum atomic E-state index is 0.688. The van der Waals surface area contributed by atoms with Crippen LogP contribution in [0.15, 0.2) is 30.5 Å². The van der Waals surface area contributed by atoms with Gasteiger partial charge in [0.1, 0.15) is 10.8 Å². The molecule has 0 spiro atoms. The largest absolute Gasteiger partial charge is 0.494 e. The van der Waals surface area contributed by atoms with Crippen molar-refractivity contribution in [2.45, 2.75) is 26.8 Å². The summed E-state index contributed by atoms with van der Waals surface area (Å²) in [6.07, 6.45) is 3.11. The van der Waals surface area contributed by atoms with Crippen LogP contribution in [0.1, 0.15) is 25.1 Å². The second-order valence-corrected chi connectivity index (χ2v) is 5.38. The lowest BCUT2D eigenvalue weighted by Crippen LogP contribution is -2.12. The number of nitrogens with one attached hydrogen (secondary N) is 1. The Morgan fingerprint density at radius 2 is 2.21 bits per heavy atom. The zero-order valence-electron chi connectivity index (χ0n) is 11.5. The molecule has 0 fully saturated rings. The third-order valence-corrected chi connectivity index (χ3v) is 3.72. The Kier molecular flexibility index (Phi) is 5.36. The molecular weight excluding hydrogens is 256 g/mol. The van der Waals surface area contributed by atoms with Gasteiger partial charge in [0.15, 0.2) is 0 Å². The summed E-state index contributed by atoms with van der Waals surface area (Å²) in [4.78, 5) is 5.76. The van der Waals surface area contributed by atoms with Gasteiger partial charge in [-0.3, -0.25) is 0 Å². The molecule has 2 aromatic rings. The van der Waals surface area contributed by atoms with Crippen LogP contribution >= 0.6 is 11.3 Å². The van der Waals surface area contributed by atoms with E-state index in [4.69, 9.17) is 4.74 Å². The van der Waals surface area contributed by atoms with E-state index in [1.165, 1.54) is 4.88 Å². The molecule has 3 nitrogen and oxygen atoms in total. The molecule has 0 aliphatic carbocycles. The predicted octanol–water partition coefficient (Wildman–Crippen LogP) is 3.71. The van der Waals surface area contributed by atoms with Crippen LogP contribution < -0.4 is 10.1 Å². The van der Waals surface area contributed by atoms with Gasteiger partial charge in [-0.2, -0.15) is 0 Å². The Bertz CT molecular complexity index is 510. The van der Waals surface area contributed by atoms with E-state index in [9.17, 15) is 0 Å². The number of nitrogens with zero attached hydrogens (tertiary/aromatic N) is 1. The normalized spacial score (nSPS) is 10.6. The van der Waals surface area contributed by atoms with Crippen LogP contribution in [-0.4, -0.2) is 18.1 Å². The summed E-state index contributed by atoms with van der Waals surface area (Å²) in [6, 6.07) is 8.11. The van der Waals surface area contributed by atoms with Gasteiger partial charge in [-0.15, -0.1) is 11.3 Å². The molecule has 1 heterocycles. The molecule has 1 aromatic heterocycles. The predicted molar refractivity (Wildman–Crippen MR) is 80.7 cm³/mol. The van der Waals surface area contributed by atoms with E-state index in [0.717, 1.165) is 35.8 Å². The Hall–Kier alpha value is -1.39. The Labute approximate surface area is 118 Å². The van der Waals surface area contributed by atoms with Crippen molar-refractivity contribution in [2.24, 2.45) is 0 Å². The first-order valence-electron chi connectivity index (χ1n) is 6.72. The van der Waals surface area contributed by atoms with Crippen LogP contribution in [0.3, 0.4) is 0 Å². The first-order valence-corrected chi connectivity index (χ1v) is 7.53. The summed E-state index contributed by atoms with van der Waals surface area (Å²) in [5.74, 6) is 0.904. The van der Waals surface area contributed by atoms with Crippen LogP contribution in [0.5, 0.6) is 5.75 Å². The summed E-state index contributed by atoms with van der Waals surface area (Å²) in [5, 5.41) is 4.44. The zero-order chi connectivity index (χ0) is 13.5. The number of benzene rings is 1. The van der Waals surface area contributed by atoms with E-state index in [2.05, 4.69) is 23.3 Å². The average molecular weight is 276 g/mol. The third-order valence-electron chi connectivity index (χ3n) is 2.67. The lowest BCUT2D eigenvalue weighted by molar-refractivity contribution is 0.340. The van der Waals surface area contributed by atoms with E-state index in [0.29, 0.717) is 6.61 Å². The van der Waals surface area contributed by atoms with E-state index in [-0.39, 0.29) is 0 Å². The average Bonchev–Trinajstić information content (AvgIpc) is 2.89. The fraction of sp³-hybridized carbons (Fsp3) is 0.400. The monoisotopic (exact) mass is 276 g/mol. The second kappa shape index (κ2) is 7.26. The van der Waals surface area contributed by atoms with Crippen molar-refractivity contribution >= 4 is 11.3 Å². The minimum Gasteiger partial charge on any atom is -0.494 e. The van der Waals surface area contributed by atoms with Crippen molar-refractivity contribution in [2.75, 3.05) is 13.2 Å². The second-order valence-electron chi connectivity index (χ2n) is 4.27. The minimum absolute atomic E-state index is 0.688. The standard InChI is InChI=1S/C15H20N2OS/c1-3-8-16-10-14-11-17-15(19-14)12-6-5-7-13(9-12)18-4-2/h5-7,9,11,16H,3-4,8,10H2,1-2H3. The van der Waals surface area contributed by atoms with Crippen molar-refractivity contribution < 1.29 is 4.74 Å². The molecule has 2 rings (SSSR count). The highest BCUT2D eigenvalue weighted by Crippen LogP contribution is 2.27. The van der Waals surface area contributed by atoms with E-state index >= 15 is 0 Å². The van der Waals surface area contributed by atoms with Crippen molar-refractivity contribution in [1.82, 2.24) is 10.3 Å². The van der Waals surface area contributed by atoms with Gasteiger partial charge in [0.25, 0.3) is 0 Å². The maximum Gasteiger partial charge on any atom is 0.123 e. The third kappa shape index (κ3) is 4.04. The Balaban J connectivity index is 2.07. The number of rotatable bonds is 7. The van der Waals surface area contributed by atoms with Gasteiger partial charge in [0.2, 0.25) is 0 Å². The quantitative estimate of drug-likeness (QED) is 0.783. The summed E-state index contributed by atoms with van der Waals surface area (Å²) < 4.78 is 5.52. The highest BCUT2D eigenvalue weighted by molar-refractivity contribution is 7.15. The molecule has 0 atom stereocenters. The van der Waals surface area contributed by atoms with Crippen LogP contribution in [0, 0.1) is 0 Å². The van der Waals surface area contributed by atoms with Gasteiger partial charge in [-0.1, -0.05) is 19.1 Å². The molecule has 0 aliphatic heterocycles. The molecule has 0 amide bonds. The molecule has 0 unspecified atom stereocenters. The molecule has 0 saturated heterocycles. The first kappa shape index (κ1) is 14.0. The topological polar surface area (TPSA) is 34.2 Å². The zero-order valence-corrected chi connectivity index (χ0v) is 12.3. The fourth-order valence-corrected chi connectivity index (χ4v) is 2.67. The Morgan fingerprint density at radius 3 is 3.00 bits per heavy atom. The molecule has 0 radical (unpaired) electrons. The lowest BCUT2D eigenvalue weighted by Gasteiger charge is -2.03. The maximum atomic E-state index is 5.52. The van der Waals surface area contributed by atoms with Crippen LogP contribution in [0.25, 0.3) is 10.6 Å². The number of aromatic nitrogens is 1. The number of hydrogen-bond donors (Lipinski definition) is 1. The fourth-order valence-electron chi connectivity index (χ4n) is 1.80. The van der Waals surface area contributed by atoms with Gasteiger partial charge in [-0.05, 0) is 32.0 Å². The molecule has 19 heavy (non-hydrogen) atoms. The van der Waals surface area contributed by atoms with Gasteiger partial charge in [0, 0.05) is 23.2 Å². The van der Waals surface area contributed by atoms with Crippen LogP contribution in [-0.2, 0) is 6.54 Å². The molecule has 102 valence electrons. The van der Waals surface area contributed by atoms with Crippen LogP contribution in [0.2, 0.25) is 0 Å². The molecule has 4 heteroatoms. The van der Waals surface area contributed by atoms with Gasteiger partial charge in [-0.25, -0.2) is 4.98 Å². The number of thiazole rings is 1. The van der Waals surface area contributed by atoms with Crippen molar-refractivity contribution in [3.63, 3.8) is 0 Å². The molecule has 0 saturated carbocycles. The SMILES string of the molecule is CCCNCc1cnc(-c2cccc(OCC)c2)s1. The molecule has 0 aliphatic rings. The van der Waals surface area contributed by atoms with E-state index in [1.807, 2.05) is 31.3 Å².